The molecule has 1 aromatic carbocycles. The molecule has 1 amide bonds. The number of H-pyrrole nitrogens is 1. The van der Waals surface area contributed by atoms with Crippen LogP contribution in [0.2, 0.25) is 0 Å². The number of aromatic amines is 1. The Morgan fingerprint density at radius 3 is 2.88 bits per heavy atom. The second kappa shape index (κ2) is 6.32. The Morgan fingerprint density at radius 1 is 1.38 bits per heavy atom. The Labute approximate surface area is 143 Å². The highest BCUT2D eigenvalue weighted by atomic mass is 32.1. The summed E-state index contributed by atoms with van der Waals surface area (Å²) in [6.45, 7) is 6.80. The zero-order valence-corrected chi connectivity index (χ0v) is 14.6. The summed E-state index contributed by atoms with van der Waals surface area (Å²) < 4.78 is 13.6. The van der Waals surface area contributed by atoms with Crippen LogP contribution in [-0.2, 0) is 11.8 Å². The Balaban J connectivity index is 1.65. The number of imidazole rings is 1. The van der Waals surface area contributed by atoms with Gasteiger partial charge in [-0.15, -0.1) is 11.3 Å². The number of rotatable bonds is 4. The van der Waals surface area contributed by atoms with Crippen LogP contribution in [-0.4, -0.2) is 27.4 Å². The maximum atomic E-state index is 13.6. The van der Waals surface area contributed by atoms with Crippen LogP contribution in [0.1, 0.15) is 41.8 Å². The van der Waals surface area contributed by atoms with Crippen LogP contribution in [0.25, 0.3) is 11.0 Å². The van der Waals surface area contributed by atoms with Crippen molar-refractivity contribution in [1.29, 1.82) is 0 Å². The van der Waals surface area contributed by atoms with Gasteiger partial charge in [-0.25, -0.2) is 14.4 Å². The maximum Gasteiger partial charge on any atom is 0.253 e. The number of nitrogens with one attached hydrogen (secondary N) is 2. The van der Waals surface area contributed by atoms with Crippen molar-refractivity contribution in [2.24, 2.45) is 0 Å². The Bertz CT molecular complexity index is 878. The van der Waals surface area contributed by atoms with Gasteiger partial charge in [0.05, 0.1) is 28.1 Å². The molecule has 2 aromatic heterocycles. The third-order valence-corrected chi connectivity index (χ3v) is 4.91. The van der Waals surface area contributed by atoms with Crippen molar-refractivity contribution in [3.63, 3.8) is 0 Å². The van der Waals surface area contributed by atoms with E-state index in [1.54, 1.807) is 11.3 Å². The van der Waals surface area contributed by atoms with Crippen LogP contribution in [0.5, 0.6) is 0 Å². The maximum absolute atomic E-state index is 13.6. The molecule has 0 unspecified atom stereocenters. The minimum atomic E-state index is -0.466. The largest absolute Gasteiger partial charge is 0.352 e. The molecule has 2 heterocycles. The summed E-state index contributed by atoms with van der Waals surface area (Å²) in [5, 5.41) is 5.90. The number of hydrogen-bond acceptors (Lipinski definition) is 4. The Hall–Kier alpha value is -2.28. The average molecular weight is 346 g/mol. The zero-order chi connectivity index (χ0) is 17.3. The van der Waals surface area contributed by atoms with E-state index >= 15 is 0 Å². The van der Waals surface area contributed by atoms with Crippen LogP contribution in [0, 0.1) is 5.82 Å². The average Bonchev–Trinajstić information content (AvgIpc) is 3.14. The number of carbonyl (C=O) groups is 1. The predicted molar refractivity (Wildman–Crippen MR) is 92.9 cm³/mol. The molecule has 5 nitrogen and oxygen atoms in total. The molecule has 3 rings (SSSR count). The fourth-order valence-electron chi connectivity index (χ4n) is 2.35. The summed E-state index contributed by atoms with van der Waals surface area (Å²) in [6.07, 6.45) is 2.08. The van der Waals surface area contributed by atoms with Crippen molar-refractivity contribution < 1.29 is 9.18 Å². The Morgan fingerprint density at radius 2 is 2.17 bits per heavy atom. The molecule has 0 aliphatic rings. The van der Waals surface area contributed by atoms with Crippen LogP contribution in [0.4, 0.5) is 4.39 Å². The number of benzene rings is 1. The van der Waals surface area contributed by atoms with Gasteiger partial charge in [-0.1, -0.05) is 20.8 Å². The molecule has 7 heteroatoms. The van der Waals surface area contributed by atoms with Gasteiger partial charge in [-0.2, -0.15) is 0 Å². The molecule has 0 bridgehead atoms. The van der Waals surface area contributed by atoms with Gasteiger partial charge < -0.3 is 10.3 Å². The topological polar surface area (TPSA) is 70.7 Å². The first kappa shape index (κ1) is 16.6. The second-order valence-electron chi connectivity index (χ2n) is 6.65. The van der Waals surface area contributed by atoms with E-state index in [4.69, 9.17) is 0 Å². The first-order chi connectivity index (χ1) is 11.3. The van der Waals surface area contributed by atoms with Crippen LogP contribution < -0.4 is 5.32 Å². The molecule has 126 valence electrons. The standard InChI is InChI=1S/C17H19FN4OS/c1-17(2,3)16-22-11(8-24-16)4-5-19-15(23)12-6-10(18)7-13-14(12)21-9-20-13/h6-9H,4-5H2,1-3H3,(H,19,23)(H,20,21). The third kappa shape index (κ3) is 3.46. The van der Waals surface area contributed by atoms with Gasteiger partial charge in [-0.3, -0.25) is 4.79 Å². The van der Waals surface area contributed by atoms with Gasteiger partial charge in [-0.05, 0) is 12.1 Å². The van der Waals surface area contributed by atoms with E-state index in [1.807, 2.05) is 5.38 Å². The number of fused-ring (bicyclic) bond motifs is 1. The first-order valence-corrected chi connectivity index (χ1v) is 8.58. The van der Waals surface area contributed by atoms with Crippen molar-refractivity contribution in [2.45, 2.75) is 32.6 Å². The molecule has 0 saturated carbocycles. The van der Waals surface area contributed by atoms with Gasteiger partial charge in [0.15, 0.2) is 0 Å². The summed E-state index contributed by atoms with van der Waals surface area (Å²) in [4.78, 5) is 23.8. The van der Waals surface area contributed by atoms with Crippen LogP contribution >= 0.6 is 11.3 Å². The molecule has 0 aliphatic carbocycles. The number of amides is 1. The molecule has 2 N–H and O–H groups in total. The quantitative estimate of drug-likeness (QED) is 0.760. The lowest BCUT2D eigenvalue weighted by Crippen LogP contribution is -2.26. The zero-order valence-electron chi connectivity index (χ0n) is 13.8. The predicted octanol–water partition coefficient (Wildman–Crippen LogP) is 3.43. The van der Waals surface area contributed by atoms with Crippen LogP contribution in [0.15, 0.2) is 23.8 Å². The molecular formula is C17H19FN4OS. The van der Waals surface area contributed by atoms with Gasteiger partial charge in [0.25, 0.3) is 5.91 Å². The summed E-state index contributed by atoms with van der Waals surface area (Å²) in [7, 11) is 0. The van der Waals surface area contributed by atoms with Crippen molar-refractivity contribution in [3.8, 4) is 0 Å². The number of halogens is 1. The molecule has 0 atom stereocenters. The lowest BCUT2D eigenvalue weighted by atomic mass is 9.98. The van der Waals surface area contributed by atoms with Crippen molar-refractivity contribution in [3.05, 3.63) is 45.9 Å². The van der Waals surface area contributed by atoms with E-state index < -0.39 is 5.82 Å². The van der Waals surface area contributed by atoms with Gasteiger partial charge in [0.1, 0.15) is 11.3 Å². The lowest BCUT2D eigenvalue weighted by Gasteiger charge is -2.13. The van der Waals surface area contributed by atoms with E-state index in [2.05, 4.69) is 41.0 Å². The normalized spacial score (nSPS) is 11.8. The fraction of sp³-hybridized carbons (Fsp3) is 0.353. The summed E-state index contributed by atoms with van der Waals surface area (Å²) >= 11 is 1.63. The molecule has 0 fully saturated rings. The molecule has 24 heavy (non-hydrogen) atoms. The summed E-state index contributed by atoms with van der Waals surface area (Å²) in [5.41, 5.74) is 2.19. The minimum Gasteiger partial charge on any atom is -0.352 e. The first-order valence-electron chi connectivity index (χ1n) is 7.70. The highest BCUT2D eigenvalue weighted by molar-refractivity contribution is 7.09. The number of thiazole rings is 1. The number of hydrogen-bond donors (Lipinski definition) is 2. The molecule has 3 aromatic rings. The SMILES string of the molecule is CC(C)(C)c1nc(CCNC(=O)c2cc(F)cc3[nH]cnc23)cs1. The minimum absolute atomic E-state index is 0.0271. The lowest BCUT2D eigenvalue weighted by molar-refractivity contribution is 0.0955. The third-order valence-electron chi connectivity index (χ3n) is 3.59. The van der Waals surface area contributed by atoms with E-state index in [0.29, 0.717) is 24.0 Å². The van der Waals surface area contributed by atoms with Gasteiger partial charge in [0.2, 0.25) is 0 Å². The van der Waals surface area contributed by atoms with Crippen molar-refractivity contribution in [1.82, 2.24) is 20.3 Å². The molecule has 0 radical (unpaired) electrons. The number of nitrogens with zero attached hydrogens (tertiary/aromatic N) is 2. The van der Waals surface area contributed by atoms with E-state index in [9.17, 15) is 9.18 Å². The molecule has 0 aliphatic heterocycles. The monoisotopic (exact) mass is 346 g/mol. The molecule has 0 saturated heterocycles. The number of carbonyl (C=O) groups excluding carboxylic acids is 1. The number of aromatic nitrogens is 3. The summed E-state index contributed by atoms with van der Waals surface area (Å²) in [6, 6.07) is 2.53. The van der Waals surface area contributed by atoms with Crippen LogP contribution in [0.3, 0.4) is 0 Å². The molecular weight excluding hydrogens is 327 g/mol. The highest BCUT2D eigenvalue weighted by Gasteiger charge is 2.18. The van der Waals surface area contributed by atoms with Gasteiger partial charge in [0, 0.05) is 23.8 Å². The highest BCUT2D eigenvalue weighted by Crippen LogP contribution is 2.25. The second-order valence-corrected chi connectivity index (χ2v) is 7.51. The van der Waals surface area contributed by atoms with Crippen molar-refractivity contribution in [2.75, 3.05) is 6.54 Å². The van der Waals surface area contributed by atoms with Gasteiger partial charge >= 0.3 is 0 Å². The van der Waals surface area contributed by atoms with E-state index in [-0.39, 0.29) is 16.9 Å². The summed E-state index contributed by atoms with van der Waals surface area (Å²) in [5.74, 6) is -0.802. The van der Waals surface area contributed by atoms with E-state index in [1.165, 1.54) is 18.5 Å². The molecule has 0 spiro atoms. The fourth-order valence-corrected chi connectivity index (χ4v) is 3.30. The Kier molecular flexibility index (Phi) is 4.36. The van der Waals surface area contributed by atoms with Crippen molar-refractivity contribution >= 4 is 28.3 Å². The van der Waals surface area contributed by atoms with E-state index in [0.717, 1.165) is 10.7 Å². The smallest absolute Gasteiger partial charge is 0.253 e.